The minimum atomic E-state index is -0.502. The van der Waals surface area contributed by atoms with E-state index in [2.05, 4.69) is 4.98 Å². The smallest absolute Gasteiger partial charge is 0.318 e. The van der Waals surface area contributed by atoms with Gasteiger partial charge in [0.1, 0.15) is 11.0 Å². The van der Waals surface area contributed by atoms with Gasteiger partial charge in [0.2, 0.25) is 0 Å². The van der Waals surface area contributed by atoms with Crippen LogP contribution in [0.2, 0.25) is 0 Å². The Morgan fingerprint density at radius 1 is 1.12 bits per heavy atom. The number of rotatable bonds is 5. The lowest BCUT2D eigenvalue weighted by Crippen LogP contribution is -2.24. The van der Waals surface area contributed by atoms with Crippen molar-refractivity contribution in [1.29, 1.82) is 0 Å². The number of fused-ring (bicyclic) bond motifs is 1. The molecule has 3 rings (SSSR count). The second-order valence-electron chi connectivity index (χ2n) is 5.53. The van der Waals surface area contributed by atoms with E-state index in [0.717, 1.165) is 0 Å². The maximum absolute atomic E-state index is 13.1. The first kappa shape index (κ1) is 18.0. The Kier molecular flexibility index (Phi) is 5.27. The van der Waals surface area contributed by atoms with Crippen LogP contribution < -0.4 is 10.3 Å². The van der Waals surface area contributed by atoms with E-state index in [0.29, 0.717) is 27.5 Å². The zero-order chi connectivity index (χ0) is 18.7. The summed E-state index contributed by atoms with van der Waals surface area (Å²) in [5.74, 6) is 0.311. The van der Waals surface area contributed by atoms with Crippen molar-refractivity contribution in [2.45, 2.75) is 17.3 Å². The third-order valence-electron chi connectivity index (χ3n) is 3.89. The highest BCUT2D eigenvalue weighted by Crippen LogP contribution is 2.26. The zero-order valence-electron chi connectivity index (χ0n) is 14.6. The maximum atomic E-state index is 13.1. The first-order valence-electron chi connectivity index (χ1n) is 7.96. The standard InChI is InChI=1S/C19H18N2O4S/c1-12(18(23)25-3)26-19-20-16-7-5-4-6-15(16)17(22)21(19)13-8-10-14(24-2)11-9-13/h4-12H,1-3H3/t12-/m1/s1. The molecule has 0 bridgehead atoms. The molecule has 0 saturated heterocycles. The van der Waals surface area contributed by atoms with Crippen LogP contribution in [0.15, 0.2) is 58.5 Å². The Hall–Kier alpha value is -2.80. The average Bonchev–Trinajstić information content (AvgIpc) is 2.67. The summed E-state index contributed by atoms with van der Waals surface area (Å²) in [6.45, 7) is 1.72. The quantitative estimate of drug-likeness (QED) is 0.391. The molecule has 7 heteroatoms. The molecule has 0 amide bonds. The van der Waals surface area contributed by atoms with E-state index in [1.54, 1.807) is 56.5 Å². The number of para-hydroxylation sites is 1. The largest absolute Gasteiger partial charge is 0.497 e. The fourth-order valence-electron chi connectivity index (χ4n) is 2.52. The Morgan fingerprint density at radius 3 is 2.46 bits per heavy atom. The minimum absolute atomic E-state index is 0.194. The van der Waals surface area contributed by atoms with Gasteiger partial charge in [0, 0.05) is 0 Å². The van der Waals surface area contributed by atoms with Crippen molar-refractivity contribution < 1.29 is 14.3 Å². The number of nitrogens with zero attached hydrogens (tertiary/aromatic N) is 2. The molecule has 2 aromatic carbocycles. The van der Waals surface area contributed by atoms with Gasteiger partial charge in [-0.05, 0) is 43.3 Å². The van der Waals surface area contributed by atoms with Crippen LogP contribution in [0.25, 0.3) is 16.6 Å². The highest BCUT2D eigenvalue weighted by molar-refractivity contribution is 8.00. The number of carbonyl (C=O) groups excluding carboxylic acids is 1. The first-order chi connectivity index (χ1) is 12.5. The number of hydrogen-bond acceptors (Lipinski definition) is 6. The van der Waals surface area contributed by atoms with Crippen molar-refractivity contribution in [3.8, 4) is 11.4 Å². The van der Waals surface area contributed by atoms with Crippen LogP contribution in [0.4, 0.5) is 0 Å². The number of hydrogen-bond donors (Lipinski definition) is 0. The normalized spacial score (nSPS) is 12.0. The van der Waals surface area contributed by atoms with Crippen LogP contribution in [0, 0.1) is 0 Å². The summed E-state index contributed by atoms with van der Waals surface area (Å²) < 4.78 is 11.5. The van der Waals surface area contributed by atoms with Gasteiger partial charge in [-0.3, -0.25) is 14.2 Å². The van der Waals surface area contributed by atoms with E-state index in [9.17, 15) is 9.59 Å². The SMILES string of the molecule is COC(=O)[C@@H](C)Sc1nc2ccccc2c(=O)n1-c1ccc(OC)cc1. The van der Waals surface area contributed by atoms with Gasteiger partial charge in [-0.15, -0.1) is 0 Å². The summed E-state index contributed by atoms with van der Waals surface area (Å²) in [6.07, 6.45) is 0. The predicted molar refractivity (Wildman–Crippen MR) is 101 cm³/mol. The second kappa shape index (κ2) is 7.61. The molecule has 134 valence electrons. The van der Waals surface area contributed by atoms with Crippen molar-refractivity contribution >= 4 is 28.6 Å². The summed E-state index contributed by atoms with van der Waals surface area (Å²) in [6, 6.07) is 14.3. The molecule has 26 heavy (non-hydrogen) atoms. The third kappa shape index (κ3) is 3.43. The van der Waals surface area contributed by atoms with E-state index in [1.807, 2.05) is 6.07 Å². The lowest BCUT2D eigenvalue weighted by atomic mass is 10.2. The summed E-state index contributed by atoms with van der Waals surface area (Å²) in [7, 11) is 2.92. The lowest BCUT2D eigenvalue weighted by Gasteiger charge is -2.15. The first-order valence-corrected chi connectivity index (χ1v) is 8.84. The predicted octanol–water partition coefficient (Wildman–Crippen LogP) is 3.05. The summed E-state index contributed by atoms with van der Waals surface area (Å²) in [5, 5.41) is 0.438. The van der Waals surface area contributed by atoms with Crippen molar-refractivity contribution in [1.82, 2.24) is 9.55 Å². The van der Waals surface area contributed by atoms with Gasteiger partial charge < -0.3 is 9.47 Å². The molecule has 0 saturated carbocycles. The maximum Gasteiger partial charge on any atom is 0.318 e. The third-order valence-corrected chi connectivity index (χ3v) is 4.92. The summed E-state index contributed by atoms with van der Waals surface area (Å²) >= 11 is 1.18. The minimum Gasteiger partial charge on any atom is -0.497 e. The average molecular weight is 370 g/mol. The Morgan fingerprint density at radius 2 is 1.81 bits per heavy atom. The molecular formula is C19H18N2O4S. The van der Waals surface area contributed by atoms with Gasteiger partial charge in [0.05, 0.1) is 30.8 Å². The Balaban J connectivity index is 2.20. The molecule has 1 atom stereocenters. The van der Waals surface area contributed by atoms with E-state index < -0.39 is 5.25 Å². The molecule has 0 spiro atoms. The van der Waals surface area contributed by atoms with Gasteiger partial charge in [-0.1, -0.05) is 23.9 Å². The van der Waals surface area contributed by atoms with Crippen LogP contribution in [0.5, 0.6) is 5.75 Å². The highest BCUT2D eigenvalue weighted by Gasteiger charge is 2.20. The second-order valence-corrected chi connectivity index (χ2v) is 6.84. The zero-order valence-corrected chi connectivity index (χ0v) is 15.4. The molecule has 6 nitrogen and oxygen atoms in total. The summed E-state index contributed by atoms with van der Waals surface area (Å²) in [4.78, 5) is 29.5. The molecule has 0 N–H and O–H groups in total. The molecular weight excluding hydrogens is 352 g/mol. The Bertz CT molecular complexity index is 999. The van der Waals surface area contributed by atoms with Crippen LogP contribution in [-0.2, 0) is 9.53 Å². The number of methoxy groups -OCH3 is 2. The molecule has 3 aromatic rings. The fraction of sp³-hybridized carbons (Fsp3) is 0.211. The van der Waals surface area contributed by atoms with Crippen molar-refractivity contribution in [2.24, 2.45) is 0 Å². The van der Waals surface area contributed by atoms with Crippen LogP contribution in [-0.4, -0.2) is 35.0 Å². The van der Waals surface area contributed by atoms with Crippen LogP contribution in [0.1, 0.15) is 6.92 Å². The van der Waals surface area contributed by atoms with E-state index in [1.165, 1.54) is 23.4 Å². The fourth-order valence-corrected chi connectivity index (χ4v) is 3.48. The number of benzene rings is 2. The van der Waals surface area contributed by atoms with Crippen molar-refractivity contribution in [2.75, 3.05) is 14.2 Å². The van der Waals surface area contributed by atoms with E-state index >= 15 is 0 Å². The Labute approximate surface area is 154 Å². The molecule has 0 radical (unpaired) electrons. The molecule has 0 unspecified atom stereocenters. The van der Waals surface area contributed by atoms with Gasteiger partial charge in [-0.2, -0.15) is 0 Å². The van der Waals surface area contributed by atoms with E-state index in [4.69, 9.17) is 9.47 Å². The number of ether oxygens (including phenoxy) is 2. The number of thioether (sulfide) groups is 1. The molecule has 1 heterocycles. The van der Waals surface area contributed by atoms with Crippen LogP contribution in [0.3, 0.4) is 0 Å². The lowest BCUT2D eigenvalue weighted by molar-refractivity contribution is -0.139. The topological polar surface area (TPSA) is 70.4 Å². The molecule has 0 aliphatic rings. The molecule has 1 aromatic heterocycles. The monoisotopic (exact) mass is 370 g/mol. The molecule has 0 fully saturated rings. The highest BCUT2D eigenvalue weighted by atomic mass is 32.2. The number of esters is 1. The molecule has 0 aliphatic heterocycles. The van der Waals surface area contributed by atoms with Gasteiger partial charge in [0.15, 0.2) is 5.16 Å². The molecule has 0 aliphatic carbocycles. The van der Waals surface area contributed by atoms with Crippen molar-refractivity contribution in [3.05, 3.63) is 58.9 Å². The van der Waals surface area contributed by atoms with Crippen LogP contribution >= 0.6 is 11.8 Å². The summed E-state index contributed by atoms with van der Waals surface area (Å²) in [5.41, 5.74) is 1.04. The van der Waals surface area contributed by atoms with Gasteiger partial charge in [0.25, 0.3) is 5.56 Å². The number of aromatic nitrogens is 2. The van der Waals surface area contributed by atoms with Crippen molar-refractivity contribution in [3.63, 3.8) is 0 Å². The van der Waals surface area contributed by atoms with Gasteiger partial charge in [-0.25, -0.2) is 4.98 Å². The number of carbonyl (C=O) groups is 1. The van der Waals surface area contributed by atoms with Gasteiger partial charge >= 0.3 is 5.97 Å². The van der Waals surface area contributed by atoms with E-state index in [-0.39, 0.29) is 11.5 Å².